The zero-order valence-corrected chi connectivity index (χ0v) is 13.4. The molecular formula is C19H21FN2O. The highest BCUT2D eigenvalue weighted by atomic mass is 19.1. The molecule has 0 heterocycles. The molecule has 0 aliphatic carbocycles. The Morgan fingerprint density at radius 1 is 1.17 bits per heavy atom. The predicted molar refractivity (Wildman–Crippen MR) is 91.1 cm³/mol. The van der Waals surface area contributed by atoms with Crippen LogP contribution >= 0.6 is 0 Å². The van der Waals surface area contributed by atoms with E-state index in [9.17, 15) is 9.18 Å². The highest BCUT2D eigenvalue weighted by Crippen LogP contribution is 2.09. The van der Waals surface area contributed by atoms with Gasteiger partial charge < -0.3 is 10.2 Å². The van der Waals surface area contributed by atoms with Gasteiger partial charge in [0.25, 0.3) is 0 Å². The van der Waals surface area contributed by atoms with Crippen molar-refractivity contribution in [3.63, 3.8) is 0 Å². The molecule has 2 aromatic rings. The van der Waals surface area contributed by atoms with Crippen molar-refractivity contribution in [2.75, 3.05) is 0 Å². The van der Waals surface area contributed by atoms with Gasteiger partial charge in [0.05, 0.1) is 0 Å². The van der Waals surface area contributed by atoms with Gasteiger partial charge in [-0.25, -0.2) is 9.18 Å². The van der Waals surface area contributed by atoms with E-state index in [1.165, 1.54) is 18.3 Å². The van der Waals surface area contributed by atoms with Gasteiger partial charge in [-0.1, -0.05) is 42.5 Å². The Balaban J connectivity index is 1.98. The number of hydrogen-bond donors (Lipinski definition) is 1. The van der Waals surface area contributed by atoms with Crippen LogP contribution in [0, 0.1) is 5.82 Å². The topological polar surface area (TPSA) is 32.3 Å². The lowest BCUT2D eigenvalue weighted by Gasteiger charge is -2.26. The van der Waals surface area contributed by atoms with Gasteiger partial charge in [0.15, 0.2) is 0 Å². The molecule has 0 radical (unpaired) electrons. The van der Waals surface area contributed by atoms with Crippen molar-refractivity contribution < 1.29 is 9.18 Å². The molecule has 0 unspecified atom stereocenters. The van der Waals surface area contributed by atoms with Gasteiger partial charge in [0, 0.05) is 18.8 Å². The van der Waals surface area contributed by atoms with Crippen LogP contribution in [0.3, 0.4) is 0 Å². The molecule has 0 aromatic heterocycles. The molecule has 0 spiro atoms. The molecule has 120 valence electrons. The summed E-state index contributed by atoms with van der Waals surface area (Å²) < 4.78 is 13.1. The smallest absolute Gasteiger partial charge is 0.318 e. The molecule has 0 bridgehead atoms. The molecule has 3 nitrogen and oxygen atoms in total. The van der Waals surface area contributed by atoms with Crippen LogP contribution in [0.1, 0.15) is 25.0 Å². The number of halogens is 1. The lowest BCUT2D eigenvalue weighted by atomic mass is 10.2. The van der Waals surface area contributed by atoms with Crippen molar-refractivity contribution in [2.24, 2.45) is 0 Å². The van der Waals surface area contributed by atoms with Gasteiger partial charge in [0.1, 0.15) is 5.82 Å². The molecule has 0 atom stereocenters. The summed E-state index contributed by atoms with van der Waals surface area (Å²) in [5, 5.41) is 2.74. The van der Waals surface area contributed by atoms with Crippen molar-refractivity contribution in [3.8, 4) is 0 Å². The monoisotopic (exact) mass is 312 g/mol. The highest BCUT2D eigenvalue weighted by molar-refractivity contribution is 5.76. The number of carbonyl (C=O) groups excluding carboxylic acids is 1. The van der Waals surface area contributed by atoms with Gasteiger partial charge in [-0.15, -0.1) is 0 Å². The number of nitrogens with zero attached hydrogens (tertiary/aromatic N) is 1. The number of rotatable bonds is 5. The van der Waals surface area contributed by atoms with Crippen LogP contribution in [0.25, 0.3) is 6.08 Å². The first-order valence-electron chi connectivity index (χ1n) is 7.59. The van der Waals surface area contributed by atoms with E-state index in [2.05, 4.69) is 5.32 Å². The van der Waals surface area contributed by atoms with E-state index < -0.39 is 0 Å². The van der Waals surface area contributed by atoms with Crippen molar-refractivity contribution in [3.05, 3.63) is 77.7 Å². The van der Waals surface area contributed by atoms with Gasteiger partial charge in [0.2, 0.25) is 0 Å². The Morgan fingerprint density at radius 3 is 2.57 bits per heavy atom. The van der Waals surface area contributed by atoms with Crippen LogP contribution in [-0.4, -0.2) is 17.0 Å². The van der Waals surface area contributed by atoms with Crippen LogP contribution in [0.15, 0.2) is 60.8 Å². The van der Waals surface area contributed by atoms with Crippen LogP contribution < -0.4 is 5.32 Å². The summed E-state index contributed by atoms with van der Waals surface area (Å²) in [5.41, 5.74) is 1.77. The van der Waals surface area contributed by atoms with Crippen LogP contribution in [0.5, 0.6) is 0 Å². The molecule has 0 fully saturated rings. The van der Waals surface area contributed by atoms with Crippen LogP contribution in [0.2, 0.25) is 0 Å². The molecule has 0 aliphatic heterocycles. The maximum atomic E-state index is 13.1. The Labute approximate surface area is 136 Å². The quantitative estimate of drug-likeness (QED) is 0.871. The third-order valence-electron chi connectivity index (χ3n) is 3.41. The summed E-state index contributed by atoms with van der Waals surface area (Å²) in [6.45, 7) is 4.48. The average molecular weight is 312 g/mol. The number of carbonyl (C=O) groups is 1. The minimum absolute atomic E-state index is 0.0674. The highest BCUT2D eigenvalue weighted by Gasteiger charge is 2.15. The standard InChI is InChI=1S/C19H21FN2O/c1-15(2)22(14-17-7-4-3-5-8-17)19(23)21-12-11-16-9-6-10-18(20)13-16/h3-13,15H,14H2,1-2H3,(H,21,23)/b12-11+. The van der Waals surface area contributed by atoms with Gasteiger partial charge in [-0.2, -0.15) is 0 Å². The first-order valence-corrected chi connectivity index (χ1v) is 7.59. The zero-order chi connectivity index (χ0) is 16.7. The predicted octanol–water partition coefficient (Wildman–Crippen LogP) is 4.42. The van der Waals surface area contributed by atoms with E-state index in [4.69, 9.17) is 0 Å². The molecule has 0 saturated heterocycles. The van der Waals surface area contributed by atoms with E-state index >= 15 is 0 Å². The normalized spacial score (nSPS) is 11.0. The molecule has 2 aromatic carbocycles. The third kappa shape index (κ3) is 5.25. The lowest BCUT2D eigenvalue weighted by molar-refractivity contribution is 0.183. The Kier molecular flexibility index (Phi) is 5.92. The summed E-state index contributed by atoms with van der Waals surface area (Å²) >= 11 is 0. The Bertz CT molecular complexity index is 668. The van der Waals surface area contributed by atoms with Gasteiger partial charge in [-0.3, -0.25) is 0 Å². The van der Waals surface area contributed by atoms with Gasteiger partial charge >= 0.3 is 6.03 Å². The average Bonchev–Trinajstić information content (AvgIpc) is 2.53. The fourth-order valence-electron chi connectivity index (χ4n) is 2.17. The van der Waals surface area contributed by atoms with Gasteiger partial charge in [-0.05, 0) is 43.2 Å². The molecule has 23 heavy (non-hydrogen) atoms. The van der Waals surface area contributed by atoms with Crippen molar-refractivity contribution in [2.45, 2.75) is 26.4 Å². The van der Waals surface area contributed by atoms with Crippen molar-refractivity contribution >= 4 is 12.1 Å². The summed E-state index contributed by atoms with van der Waals surface area (Å²) in [4.78, 5) is 14.1. The van der Waals surface area contributed by atoms with E-state index in [0.717, 1.165) is 5.56 Å². The molecule has 2 rings (SSSR count). The minimum Gasteiger partial charge on any atom is -0.318 e. The van der Waals surface area contributed by atoms with E-state index in [-0.39, 0.29) is 17.9 Å². The fraction of sp³-hybridized carbons (Fsp3) is 0.211. The molecule has 0 saturated carbocycles. The summed E-state index contributed by atoms with van der Waals surface area (Å²) in [6, 6.07) is 15.9. The second-order valence-corrected chi connectivity index (χ2v) is 5.55. The maximum absolute atomic E-state index is 13.1. The molecule has 1 N–H and O–H groups in total. The third-order valence-corrected chi connectivity index (χ3v) is 3.41. The molecule has 0 aliphatic rings. The van der Waals surface area contributed by atoms with Crippen LogP contribution in [-0.2, 0) is 6.54 Å². The zero-order valence-electron chi connectivity index (χ0n) is 13.4. The number of urea groups is 1. The Hall–Kier alpha value is -2.62. The molecule has 2 amide bonds. The summed E-state index contributed by atoms with van der Waals surface area (Å²) in [6.07, 6.45) is 3.21. The van der Waals surface area contributed by atoms with E-state index in [1.54, 1.807) is 23.1 Å². The van der Waals surface area contributed by atoms with E-state index in [0.29, 0.717) is 12.1 Å². The number of benzene rings is 2. The largest absolute Gasteiger partial charge is 0.321 e. The second-order valence-electron chi connectivity index (χ2n) is 5.55. The fourth-order valence-corrected chi connectivity index (χ4v) is 2.17. The minimum atomic E-state index is -0.300. The SMILES string of the molecule is CC(C)N(Cc1ccccc1)C(=O)N/C=C/c1cccc(F)c1. The lowest BCUT2D eigenvalue weighted by Crippen LogP contribution is -2.41. The second kappa shape index (κ2) is 8.13. The first-order chi connectivity index (χ1) is 11.1. The van der Waals surface area contributed by atoms with E-state index in [1.807, 2.05) is 44.2 Å². The Morgan fingerprint density at radius 2 is 1.91 bits per heavy atom. The summed E-state index contributed by atoms with van der Waals surface area (Å²) in [7, 11) is 0. The van der Waals surface area contributed by atoms with Crippen LogP contribution in [0.4, 0.5) is 9.18 Å². The summed E-state index contributed by atoms with van der Waals surface area (Å²) in [5.74, 6) is -0.300. The maximum Gasteiger partial charge on any atom is 0.321 e. The number of nitrogens with one attached hydrogen (secondary N) is 1. The van der Waals surface area contributed by atoms with Crippen molar-refractivity contribution in [1.82, 2.24) is 10.2 Å². The first kappa shape index (κ1) is 16.7. The molecule has 4 heteroatoms. The number of amides is 2. The number of hydrogen-bond acceptors (Lipinski definition) is 1. The van der Waals surface area contributed by atoms with Crippen molar-refractivity contribution in [1.29, 1.82) is 0 Å². The molecular weight excluding hydrogens is 291 g/mol.